The zero-order valence-electron chi connectivity index (χ0n) is 8.75. The summed E-state index contributed by atoms with van der Waals surface area (Å²) in [5.41, 5.74) is -0.0102. The van der Waals surface area contributed by atoms with Gasteiger partial charge in [0.05, 0.1) is 6.10 Å². The van der Waals surface area contributed by atoms with Crippen LogP contribution in [-0.4, -0.2) is 35.0 Å². The van der Waals surface area contributed by atoms with Crippen LogP contribution in [0.2, 0.25) is 0 Å². The molecule has 1 saturated carbocycles. The Balaban J connectivity index is 2.31. The number of hydrogen-bond acceptors (Lipinski definition) is 3. The van der Waals surface area contributed by atoms with E-state index < -0.39 is 0 Å². The molecule has 0 aliphatic heterocycles. The molecule has 1 aliphatic carbocycles. The Hall–Kier alpha value is -0.120. The molecule has 1 fully saturated rings. The van der Waals surface area contributed by atoms with Gasteiger partial charge in [-0.15, -0.1) is 0 Å². The molecule has 0 spiro atoms. The highest BCUT2D eigenvalue weighted by molar-refractivity contribution is 5.02. The quantitative estimate of drug-likeness (QED) is 0.601. The number of nitrogens with one attached hydrogen (secondary N) is 1. The number of aliphatic hydroxyl groups is 2. The molecular weight excluding hydrogens is 166 g/mol. The van der Waals surface area contributed by atoms with Gasteiger partial charge in [0.15, 0.2) is 0 Å². The molecular formula is C10H21NO2. The van der Waals surface area contributed by atoms with Crippen LogP contribution >= 0.6 is 0 Å². The minimum atomic E-state index is -0.175. The van der Waals surface area contributed by atoms with Crippen LogP contribution in [0.15, 0.2) is 0 Å². The summed E-state index contributed by atoms with van der Waals surface area (Å²) in [5.74, 6) is 0. The van der Waals surface area contributed by atoms with Gasteiger partial charge >= 0.3 is 0 Å². The van der Waals surface area contributed by atoms with Gasteiger partial charge < -0.3 is 15.5 Å². The molecule has 3 N–H and O–H groups in total. The Morgan fingerprint density at radius 1 is 1.54 bits per heavy atom. The third-order valence-corrected chi connectivity index (χ3v) is 3.26. The van der Waals surface area contributed by atoms with Crippen LogP contribution in [0.25, 0.3) is 0 Å². The Morgan fingerprint density at radius 2 is 2.15 bits per heavy atom. The van der Waals surface area contributed by atoms with E-state index in [0.717, 1.165) is 12.8 Å². The van der Waals surface area contributed by atoms with E-state index in [-0.39, 0.29) is 18.1 Å². The summed E-state index contributed by atoms with van der Waals surface area (Å²) in [6.07, 6.45) is 1.44. The molecule has 0 radical (unpaired) electrons. The van der Waals surface area contributed by atoms with Crippen molar-refractivity contribution >= 4 is 0 Å². The average molecular weight is 187 g/mol. The summed E-state index contributed by atoms with van der Waals surface area (Å²) in [6, 6.07) is 0.728. The van der Waals surface area contributed by atoms with Crippen LogP contribution in [0.1, 0.15) is 33.6 Å². The zero-order valence-corrected chi connectivity index (χ0v) is 8.75. The maximum Gasteiger partial charge on any atom is 0.0621 e. The lowest BCUT2D eigenvalue weighted by atomic mass is 9.64. The summed E-state index contributed by atoms with van der Waals surface area (Å²) in [4.78, 5) is 0. The first-order valence-electron chi connectivity index (χ1n) is 5.03. The molecule has 3 atom stereocenters. The van der Waals surface area contributed by atoms with Gasteiger partial charge in [-0.3, -0.25) is 0 Å². The topological polar surface area (TPSA) is 52.5 Å². The largest absolute Gasteiger partial charge is 0.396 e. The van der Waals surface area contributed by atoms with Crippen LogP contribution in [0.3, 0.4) is 0 Å². The average Bonchev–Trinajstić information content (AvgIpc) is 2.04. The smallest absolute Gasteiger partial charge is 0.0621 e. The Morgan fingerprint density at radius 3 is 2.54 bits per heavy atom. The third kappa shape index (κ3) is 2.22. The number of aliphatic hydroxyl groups excluding tert-OH is 2. The number of rotatable bonds is 4. The molecule has 78 valence electrons. The fourth-order valence-electron chi connectivity index (χ4n) is 1.81. The van der Waals surface area contributed by atoms with Gasteiger partial charge in [-0.2, -0.15) is 0 Å². The molecule has 0 aromatic carbocycles. The summed E-state index contributed by atoms with van der Waals surface area (Å²) in [6.45, 7) is 6.44. The normalized spacial score (nSPS) is 33.9. The van der Waals surface area contributed by atoms with Gasteiger partial charge in [-0.25, -0.2) is 0 Å². The van der Waals surface area contributed by atoms with Crippen molar-refractivity contribution in [1.29, 1.82) is 0 Å². The predicted octanol–water partition coefficient (Wildman–Crippen LogP) is 0.506. The van der Waals surface area contributed by atoms with Crippen molar-refractivity contribution in [3.8, 4) is 0 Å². The second-order valence-electron chi connectivity index (χ2n) is 4.71. The first-order chi connectivity index (χ1) is 5.98. The van der Waals surface area contributed by atoms with E-state index in [0.29, 0.717) is 12.1 Å². The molecule has 3 unspecified atom stereocenters. The van der Waals surface area contributed by atoms with Gasteiger partial charge in [0.25, 0.3) is 0 Å². The lowest BCUT2D eigenvalue weighted by molar-refractivity contribution is -0.0758. The van der Waals surface area contributed by atoms with E-state index >= 15 is 0 Å². The molecule has 1 rings (SSSR count). The van der Waals surface area contributed by atoms with Gasteiger partial charge in [-0.1, -0.05) is 13.8 Å². The lowest BCUT2D eigenvalue weighted by Gasteiger charge is -2.50. The van der Waals surface area contributed by atoms with Gasteiger partial charge in [0.2, 0.25) is 0 Å². The lowest BCUT2D eigenvalue weighted by Crippen LogP contribution is -2.61. The van der Waals surface area contributed by atoms with Crippen molar-refractivity contribution < 1.29 is 10.2 Å². The highest BCUT2D eigenvalue weighted by atomic mass is 16.3. The molecule has 0 saturated heterocycles. The van der Waals surface area contributed by atoms with E-state index in [1.54, 1.807) is 0 Å². The van der Waals surface area contributed by atoms with E-state index in [2.05, 4.69) is 26.1 Å². The van der Waals surface area contributed by atoms with Gasteiger partial charge in [-0.05, 0) is 19.8 Å². The Bertz CT molecular complexity index is 170. The Labute approximate surface area is 80.2 Å². The molecule has 0 heterocycles. The standard InChI is InChI=1S/C10H21NO2/c1-7(4-5-12)11-8-6-9(13)10(8,2)3/h7-9,11-13H,4-6H2,1-3H3. The summed E-state index contributed by atoms with van der Waals surface area (Å²) in [5, 5.41) is 21.7. The molecule has 3 heteroatoms. The predicted molar refractivity (Wildman–Crippen MR) is 52.5 cm³/mol. The Kier molecular flexibility index (Phi) is 3.33. The molecule has 0 aromatic rings. The summed E-state index contributed by atoms with van der Waals surface area (Å²) >= 11 is 0. The van der Waals surface area contributed by atoms with Crippen molar-refractivity contribution in [2.24, 2.45) is 5.41 Å². The van der Waals surface area contributed by atoms with Crippen LogP contribution in [0, 0.1) is 5.41 Å². The van der Waals surface area contributed by atoms with Crippen LogP contribution in [0.4, 0.5) is 0 Å². The van der Waals surface area contributed by atoms with E-state index in [4.69, 9.17) is 5.11 Å². The molecule has 0 aromatic heterocycles. The summed E-state index contributed by atoms with van der Waals surface area (Å²) in [7, 11) is 0. The first kappa shape index (κ1) is 11.0. The van der Waals surface area contributed by atoms with Crippen LogP contribution < -0.4 is 5.32 Å². The van der Waals surface area contributed by atoms with Crippen molar-refractivity contribution in [2.45, 2.75) is 51.8 Å². The molecule has 0 amide bonds. The minimum absolute atomic E-state index is 0.0102. The molecule has 1 aliphatic rings. The third-order valence-electron chi connectivity index (χ3n) is 3.26. The fourth-order valence-corrected chi connectivity index (χ4v) is 1.81. The minimum Gasteiger partial charge on any atom is -0.396 e. The molecule has 3 nitrogen and oxygen atoms in total. The van der Waals surface area contributed by atoms with E-state index in [1.165, 1.54) is 0 Å². The maximum absolute atomic E-state index is 9.50. The highest BCUT2D eigenvalue weighted by Gasteiger charge is 2.47. The molecule has 13 heavy (non-hydrogen) atoms. The van der Waals surface area contributed by atoms with Crippen molar-refractivity contribution in [3.05, 3.63) is 0 Å². The monoisotopic (exact) mass is 187 g/mol. The second-order valence-corrected chi connectivity index (χ2v) is 4.71. The van der Waals surface area contributed by atoms with Crippen LogP contribution in [-0.2, 0) is 0 Å². The fraction of sp³-hybridized carbons (Fsp3) is 1.00. The van der Waals surface area contributed by atoms with E-state index in [1.807, 2.05) is 0 Å². The second kappa shape index (κ2) is 3.95. The maximum atomic E-state index is 9.50. The van der Waals surface area contributed by atoms with Crippen molar-refractivity contribution in [3.63, 3.8) is 0 Å². The van der Waals surface area contributed by atoms with Crippen LogP contribution in [0.5, 0.6) is 0 Å². The number of hydrogen-bond donors (Lipinski definition) is 3. The first-order valence-corrected chi connectivity index (χ1v) is 5.03. The molecule has 0 bridgehead atoms. The van der Waals surface area contributed by atoms with E-state index in [9.17, 15) is 5.11 Å². The van der Waals surface area contributed by atoms with Crippen molar-refractivity contribution in [1.82, 2.24) is 5.32 Å². The van der Waals surface area contributed by atoms with Crippen molar-refractivity contribution in [2.75, 3.05) is 6.61 Å². The van der Waals surface area contributed by atoms with Gasteiger partial charge in [0, 0.05) is 24.1 Å². The van der Waals surface area contributed by atoms with Gasteiger partial charge in [0.1, 0.15) is 0 Å². The summed E-state index contributed by atoms with van der Waals surface area (Å²) < 4.78 is 0. The SMILES string of the molecule is CC(CCO)NC1CC(O)C1(C)C. The zero-order chi connectivity index (χ0) is 10.1. The highest BCUT2D eigenvalue weighted by Crippen LogP contribution is 2.40.